The van der Waals surface area contributed by atoms with E-state index in [0.717, 1.165) is 10.6 Å². The predicted octanol–water partition coefficient (Wildman–Crippen LogP) is 3.09. The van der Waals surface area contributed by atoms with Crippen molar-refractivity contribution < 1.29 is 19.4 Å². The molecule has 3 rings (SSSR count). The minimum absolute atomic E-state index is 0.112. The fourth-order valence-electron chi connectivity index (χ4n) is 2.71. The molecular formula is C17H17ClN2O4S. The zero-order valence-corrected chi connectivity index (χ0v) is 15.1. The van der Waals surface area contributed by atoms with E-state index in [1.54, 1.807) is 17.9 Å². The molecule has 1 aromatic heterocycles. The second-order valence-electron chi connectivity index (χ2n) is 5.79. The molecule has 1 N–H and O–H groups in total. The van der Waals surface area contributed by atoms with Crippen LogP contribution in [0.1, 0.15) is 21.8 Å². The third-order valence-corrected chi connectivity index (χ3v) is 5.32. The fourth-order valence-corrected chi connectivity index (χ4v) is 3.93. The second kappa shape index (κ2) is 7.51. The fraction of sp³-hybridized carbons (Fsp3) is 0.353. The first kappa shape index (κ1) is 17.8. The maximum Gasteiger partial charge on any atom is 0.306 e. The van der Waals surface area contributed by atoms with Gasteiger partial charge in [0.05, 0.1) is 24.8 Å². The average Bonchev–Trinajstić information content (AvgIpc) is 2.96. The summed E-state index contributed by atoms with van der Waals surface area (Å²) in [7, 11) is 0. The third-order valence-electron chi connectivity index (χ3n) is 3.89. The maximum atomic E-state index is 12.8. The van der Waals surface area contributed by atoms with E-state index in [-0.39, 0.29) is 18.9 Å². The molecule has 25 heavy (non-hydrogen) atoms. The van der Waals surface area contributed by atoms with Crippen molar-refractivity contribution >= 4 is 34.8 Å². The highest BCUT2D eigenvalue weighted by Crippen LogP contribution is 2.30. The summed E-state index contributed by atoms with van der Waals surface area (Å²) in [5.74, 6) is -1.07. The number of rotatable bonds is 4. The van der Waals surface area contributed by atoms with Crippen molar-refractivity contribution in [1.29, 1.82) is 0 Å². The summed E-state index contributed by atoms with van der Waals surface area (Å²) in [6.07, 6.45) is -0.588. The Kier molecular flexibility index (Phi) is 5.36. The Morgan fingerprint density at radius 3 is 3.00 bits per heavy atom. The molecule has 1 fully saturated rings. The second-order valence-corrected chi connectivity index (χ2v) is 7.22. The summed E-state index contributed by atoms with van der Waals surface area (Å²) in [6.45, 7) is 2.85. The number of carbonyl (C=O) groups is 2. The molecule has 1 aliphatic heterocycles. The van der Waals surface area contributed by atoms with Gasteiger partial charge in [-0.3, -0.25) is 9.59 Å². The molecule has 2 heterocycles. The lowest BCUT2D eigenvalue weighted by atomic mass is 10.2. The van der Waals surface area contributed by atoms with E-state index in [4.69, 9.17) is 21.4 Å². The molecule has 8 heteroatoms. The number of carboxylic acids is 1. The Hall–Kier alpha value is -1.96. The van der Waals surface area contributed by atoms with Crippen LogP contribution in [0.3, 0.4) is 0 Å². The predicted molar refractivity (Wildman–Crippen MR) is 95.2 cm³/mol. The third kappa shape index (κ3) is 4.18. The number of hydrogen-bond acceptors (Lipinski definition) is 5. The SMILES string of the molecule is Cc1nc(-c2cccc(Cl)c2)sc1C(=O)N1CCO[C@H](CC(=O)O)C1. The summed E-state index contributed by atoms with van der Waals surface area (Å²) in [6, 6.07) is 7.34. The van der Waals surface area contributed by atoms with Crippen molar-refractivity contribution in [2.45, 2.75) is 19.4 Å². The number of ether oxygens (including phenoxy) is 1. The maximum absolute atomic E-state index is 12.8. The van der Waals surface area contributed by atoms with Crippen molar-refractivity contribution in [3.63, 3.8) is 0 Å². The quantitative estimate of drug-likeness (QED) is 0.881. The van der Waals surface area contributed by atoms with Crippen LogP contribution in [0.2, 0.25) is 5.02 Å². The molecule has 0 bridgehead atoms. The van der Waals surface area contributed by atoms with Crippen molar-refractivity contribution in [3.8, 4) is 10.6 Å². The van der Waals surface area contributed by atoms with Gasteiger partial charge in [-0.15, -0.1) is 11.3 Å². The van der Waals surface area contributed by atoms with Crippen LogP contribution in [-0.4, -0.2) is 52.7 Å². The number of carboxylic acid groups (broad SMARTS) is 1. The van der Waals surface area contributed by atoms with Crippen molar-refractivity contribution in [1.82, 2.24) is 9.88 Å². The van der Waals surface area contributed by atoms with Gasteiger partial charge in [-0.2, -0.15) is 0 Å². The summed E-state index contributed by atoms with van der Waals surface area (Å²) in [5, 5.41) is 10.3. The van der Waals surface area contributed by atoms with Crippen LogP contribution in [0.5, 0.6) is 0 Å². The highest BCUT2D eigenvalue weighted by Gasteiger charge is 2.29. The highest BCUT2D eigenvalue weighted by atomic mass is 35.5. The minimum atomic E-state index is -0.934. The van der Waals surface area contributed by atoms with E-state index in [2.05, 4.69) is 4.98 Å². The van der Waals surface area contributed by atoms with Crippen molar-refractivity contribution in [2.75, 3.05) is 19.7 Å². The Balaban J connectivity index is 1.79. The Labute approximate surface area is 154 Å². The van der Waals surface area contributed by atoms with E-state index in [0.29, 0.717) is 28.7 Å². The van der Waals surface area contributed by atoms with Gasteiger partial charge in [0, 0.05) is 23.7 Å². The van der Waals surface area contributed by atoms with Gasteiger partial charge < -0.3 is 14.7 Å². The molecular weight excluding hydrogens is 364 g/mol. The van der Waals surface area contributed by atoms with Crippen LogP contribution in [0.15, 0.2) is 24.3 Å². The topological polar surface area (TPSA) is 79.7 Å². The number of benzene rings is 1. The monoisotopic (exact) mass is 380 g/mol. The van der Waals surface area contributed by atoms with E-state index >= 15 is 0 Å². The number of nitrogens with zero attached hydrogens (tertiary/aromatic N) is 2. The van der Waals surface area contributed by atoms with Crippen molar-refractivity contribution in [3.05, 3.63) is 39.9 Å². The van der Waals surface area contributed by atoms with Crippen LogP contribution < -0.4 is 0 Å². The van der Waals surface area contributed by atoms with E-state index in [1.807, 2.05) is 18.2 Å². The molecule has 0 unspecified atom stereocenters. The van der Waals surface area contributed by atoms with Crippen LogP contribution in [0, 0.1) is 6.92 Å². The standard InChI is InChI=1S/C17H17ClN2O4S/c1-10-15(25-16(19-10)11-3-2-4-12(18)7-11)17(23)20-5-6-24-13(9-20)8-14(21)22/h2-4,7,13H,5-6,8-9H2,1H3,(H,21,22)/t13-/m1/s1. The summed E-state index contributed by atoms with van der Waals surface area (Å²) in [4.78, 5) is 30.4. The van der Waals surface area contributed by atoms with Gasteiger partial charge in [0.2, 0.25) is 0 Å². The molecule has 6 nitrogen and oxygen atoms in total. The molecule has 132 valence electrons. The van der Waals surface area contributed by atoms with Gasteiger partial charge in [-0.1, -0.05) is 23.7 Å². The number of thiazole rings is 1. The largest absolute Gasteiger partial charge is 0.481 e. The molecule has 0 spiro atoms. The van der Waals surface area contributed by atoms with Crippen LogP contribution in [-0.2, 0) is 9.53 Å². The lowest BCUT2D eigenvalue weighted by Crippen LogP contribution is -2.46. The first-order chi connectivity index (χ1) is 11.9. The van der Waals surface area contributed by atoms with Crippen LogP contribution in [0.25, 0.3) is 10.6 Å². The van der Waals surface area contributed by atoms with Crippen LogP contribution in [0.4, 0.5) is 0 Å². The number of aromatic nitrogens is 1. The molecule has 0 aliphatic carbocycles. The Morgan fingerprint density at radius 2 is 2.28 bits per heavy atom. The van der Waals surface area contributed by atoms with Gasteiger partial charge in [-0.25, -0.2) is 4.98 Å². The van der Waals surface area contributed by atoms with Crippen LogP contribution >= 0.6 is 22.9 Å². The minimum Gasteiger partial charge on any atom is -0.481 e. The molecule has 1 amide bonds. The molecule has 1 aromatic carbocycles. The Morgan fingerprint density at radius 1 is 1.48 bits per heavy atom. The lowest BCUT2D eigenvalue weighted by molar-refractivity contribution is -0.141. The molecule has 0 saturated carbocycles. The first-order valence-corrected chi connectivity index (χ1v) is 8.99. The number of aliphatic carboxylic acids is 1. The van der Waals surface area contributed by atoms with Gasteiger partial charge >= 0.3 is 5.97 Å². The van der Waals surface area contributed by atoms with Crippen molar-refractivity contribution in [2.24, 2.45) is 0 Å². The van der Waals surface area contributed by atoms with E-state index in [1.165, 1.54) is 11.3 Å². The molecule has 1 aliphatic rings. The summed E-state index contributed by atoms with van der Waals surface area (Å²) < 4.78 is 5.42. The zero-order valence-electron chi connectivity index (χ0n) is 13.6. The number of amides is 1. The molecule has 0 radical (unpaired) electrons. The first-order valence-electron chi connectivity index (χ1n) is 7.80. The number of morpholine rings is 1. The average molecular weight is 381 g/mol. The van der Waals surface area contributed by atoms with E-state index in [9.17, 15) is 9.59 Å². The van der Waals surface area contributed by atoms with E-state index < -0.39 is 12.1 Å². The lowest BCUT2D eigenvalue weighted by Gasteiger charge is -2.32. The number of halogens is 1. The number of hydrogen-bond donors (Lipinski definition) is 1. The zero-order chi connectivity index (χ0) is 18.0. The smallest absolute Gasteiger partial charge is 0.306 e. The highest BCUT2D eigenvalue weighted by molar-refractivity contribution is 7.17. The number of carbonyl (C=O) groups excluding carboxylic acids is 1. The summed E-state index contributed by atoms with van der Waals surface area (Å²) >= 11 is 7.34. The van der Waals surface area contributed by atoms with Gasteiger partial charge in [0.25, 0.3) is 5.91 Å². The molecule has 1 atom stereocenters. The van der Waals surface area contributed by atoms with Gasteiger partial charge in [-0.05, 0) is 19.1 Å². The normalized spacial score (nSPS) is 17.5. The molecule has 2 aromatic rings. The summed E-state index contributed by atoms with van der Waals surface area (Å²) in [5.41, 5.74) is 1.52. The van der Waals surface area contributed by atoms with Gasteiger partial charge in [0.15, 0.2) is 0 Å². The number of aryl methyl sites for hydroxylation is 1. The van der Waals surface area contributed by atoms with Gasteiger partial charge in [0.1, 0.15) is 9.88 Å². The Bertz CT molecular complexity index is 808. The molecule has 1 saturated heterocycles.